The number of carbonyl (C=O) groups excluding carboxylic acids is 1. The highest BCUT2D eigenvalue weighted by molar-refractivity contribution is 7.17. The van der Waals surface area contributed by atoms with Gasteiger partial charge in [-0.15, -0.1) is 11.3 Å². The number of amides is 1. The van der Waals surface area contributed by atoms with E-state index in [1.54, 1.807) is 11.9 Å². The Balaban J connectivity index is 1.70. The van der Waals surface area contributed by atoms with E-state index >= 15 is 0 Å². The summed E-state index contributed by atoms with van der Waals surface area (Å²) in [5.74, 6) is 0.967. The topological polar surface area (TPSA) is 66.1 Å². The molecule has 6 heteroatoms. The van der Waals surface area contributed by atoms with Crippen molar-refractivity contribution in [1.29, 1.82) is 0 Å². The number of H-pyrrole nitrogens is 1. The van der Waals surface area contributed by atoms with E-state index in [0.29, 0.717) is 34.9 Å². The van der Waals surface area contributed by atoms with Gasteiger partial charge in [-0.25, -0.2) is 4.98 Å². The Morgan fingerprint density at radius 1 is 1.57 bits per heavy atom. The largest absolute Gasteiger partial charge is 0.338 e. The third kappa shape index (κ3) is 3.05. The third-order valence-corrected chi connectivity index (χ3v) is 4.63. The molecule has 2 aromatic heterocycles. The smallest absolute Gasteiger partial charge is 0.268 e. The summed E-state index contributed by atoms with van der Waals surface area (Å²) in [7, 11) is 1.75. The highest BCUT2D eigenvalue weighted by Gasteiger charge is 2.18. The number of allylic oxidation sites excluding steroid dienone is 2. The van der Waals surface area contributed by atoms with Crippen LogP contribution in [0, 0.1) is 5.92 Å². The Morgan fingerprint density at radius 2 is 2.43 bits per heavy atom. The maximum absolute atomic E-state index is 12.2. The average Bonchev–Trinajstić information content (AvgIpc) is 3.09. The molecule has 0 bridgehead atoms. The molecule has 110 valence electrons. The van der Waals surface area contributed by atoms with Gasteiger partial charge in [0.05, 0.1) is 12.1 Å². The van der Waals surface area contributed by atoms with Crippen LogP contribution in [0.15, 0.2) is 28.4 Å². The summed E-state index contributed by atoms with van der Waals surface area (Å²) in [6.07, 6.45) is 6.88. The SMILES string of the molecule is CN(Cc1nc2ccsc2c(=O)[nH]1)C(=O)C[C@@H]1C=CCC1. The van der Waals surface area contributed by atoms with E-state index < -0.39 is 0 Å². The molecular formula is C15H17N3O2S. The van der Waals surface area contributed by atoms with Gasteiger partial charge in [0.1, 0.15) is 10.5 Å². The Labute approximate surface area is 126 Å². The van der Waals surface area contributed by atoms with Gasteiger partial charge in [0.2, 0.25) is 5.91 Å². The number of thiophene rings is 1. The van der Waals surface area contributed by atoms with E-state index in [0.717, 1.165) is 12.8 Å². The van der Waals surface area contributed by atoms with Crippen molar-refractivity contribution in [1.82, 2.24) is 14.9 Å². The standard InChI is InChI=1S/C15H17N3O2S/c1-18(13(19)8-10-4-2-3-5-10)9-12-16-11-6-7-21-14(11)15(20)17-12/h2,4,6-7,10H,3,5,8-9H2,1H3,(H,16,17,20)/t10-/m1/s1. The van der Waals surface area contributed by atoms with Crippen molar-refractivity contribution in [3.05, 3.63) is 39.8 Å². The van der Waals surface area contributed by atoms with Crippen LogP contribution >= 0.6 is 11.3 Å². The second-order valence-electron chi connectivity index (χ2n) is 5.37. The molecule has 2 heterocycles. The van der Waals surface area contributed by atoms with Crippen LogP contribution in [0.25, 0.3) is 10.2 Å². The van der Waals surface area contributed by atoms with Crippen molar-refractivity contribution >= 4 is 27.5 Å². The van der Waals surface area contributed by atoms with E-state index in [9.17, 15) is 9.59 Å². The zero-order valence-corrected chi connectivity index (χ0v) is 12.7. The second-order valence-corrected chi connectivity index (χ2v) is 6.28. The summed E-state index contributed by atoms with van der Waals surface area (Å²) in [6.45, 7) is 0.330. The maximum Gasteiger partial charge on any atom is 0.268 e. The van der Waals surface area contributed by atoms with E-state index in [1.165, 1.54) is 11.3 Å². The van der Waals surface area contributed by atoms with Crippen LogP contribution in [0.5, 0.6) is 0 Å². The van der Waals surface area contributed by atoms with Gasteiger partial charge in [-0.3, -0.25) is 9.59 Å². The van der Waals surface area contributed by atoms with Gasteiger partial charge in [0, 0.05) is 13.5 Å². The molecule has 1 aliphatic rings. The first-order valence-electron chi connectivity index (χ1n) is 7.00. The van der Waals surface area contributed by atoms with Crippen LogP contribution in [0.2, 0.25) is 0 Å². The molecule has 3 rings (SSSR count). The Hall–Kier alpha value is -1.95. The maximum atomic E-state index is 12.2. The highest BCUT2D eigenvalue weighted by Crippen LogP contribution is 2.21. The van der Waals surface area contributed by atoms with Crippen LogP contribution in [-0.4, -0.2) is 27.8 Å². The average molecular weight is 303 g/mol. The lowest BCUT2D eigenvalue weighted by Gasteiger charge is -2.18. The number of aromatic nitrogens is 2. The molecule has 1 aliphatic carbocycles. The van der Waals surface area contributed by atoms with E-state index in [4.69, 9.17) is 0 Å². The molecular weight excluding hydrogens is 286 g/mol. The van der Waals surface area contributed by atoms with Crippen molar-refractivity contribution in [2.24, 2.45) is 5.92 Å². The summed E-state index contributed by atoms with van der Waals surface area (Å²) in [5, 5.41) is 1.85. The predicted octanol–water partition coefficient (Wildman–Crippen LogP) is 2.30. The summed E-state index contributed by atoms with van der Waals surface area (Å²) in [6, 6.07) is 1.82. The zero-order chi connectivity index (χ0) is 14.8. The number of carbonyl (C=O) groups is 1. The molecule has 1 N–H and O–H groups in total. The van der Waals surface area contributed by atoms with E-state index in [2.05, 4.69) is 22.1 Å². The van der Waals surface area contributed by atoms with E-state index in [-0.39, 0.29) is 11.5 Å². The summed E-state index contributed by atoms with van der Waals surface area (Å²) in [4.78, 5) is 32.8. The normalized spacial score (nSPS) is 17.5. The Bertz CT molecular complexity index is 747. The molecule has 0 saturated carbocycles. The van der Waals surface area contributed by atoms with Crippen LogP contribution in [0.3, 0.4) is 0 Å². The Morgan fingerprint density at radius 3 is 3.19 bits per heavy atom. The first kappa shape index (κ1) is 14.0. The third-order valence-electron chi connectivity index (χ3n) is 3.73. The minimum Gasteiger partial charge on any atom is -0.338 e. The predicted molar refractivity (Wildman–Crippen MR) is 83.2 cm³/mol. The summed E-state index contributed by atoms with van der Waals surface area (Å²) < 4.78 is 0.629. The minimum absolute atomic E-state index is 0.0830. The number of hydrogen-bond donors (Lipinski definition) is 1. The van der Waals surface area contributed by atoms with Crippen LogP contribution in [-0.2, 0) is 11.3 Å². The molecule has 1 amide bonds. The first-order chi connectivity index (χ1) is 10.1. The number of hydrogen-bond acceptors (Lipinski definition) is 4. The fraction of sp³-hybridized carbons (Fsp3) is 0.400. The Kier molecular flexibility index (Phi) is 3.88. The molecule has 5 nitrogen and oxygen atoms in total. The fourth-order valence-corrected chi connectivity index (χ4v) is 3.28. The lowest BCUT2D eigenvalue weighted by atomic mass is 10.0. The van der Waals surface area contributed by atoms with Crippen molar-refractivity contribution in [3.8, 4) is 0 Å². The second kappa shape index (κ2) is 5.81. The van der Waals surface area contributed by atoms with Gasteiger partial charge >= 0.3 is 0 Å². The lowest BCUT2D eigenvalue weighted by molar-refractivity contribution is -0.131. The molecule has 0 aliphatic heterocycles. The monoisotopic (exact) mass is 303 g/mol. The number of nitrogens with one attached hydrogen (secondary N) is 1. The molecule has 0 spiro atoms. The number of rotatable bonds is 4. The quantitative estimate of drug-likeness (QED) is 0.881. The highest BCUT2D eigenvalue weighted by atomic mass is 32.1. The van der Waals surface area contributed by atoms with Crippen molar-refractivity contribution in [2.45, 2.75) is 25.8 Å². The number of nitrogens with zero attached hydrogens (tertiary/aromatic N) is 2. The number of fused-ring (bicyclic) bond motifs is 1. The van der Waals surface area contributed by atoms with Crippen LogP contribution in [0.4, 0.5) is 0 Å². The lowest BCUT2D eigenvalue weighted by Crippen LogP contribution is -2.29. The molecule has 0 unspecified atom stereocenters. The van der Waals surface area contributed by atoms with Gasteiger partial charge in [-0.1, -0.05) is 12.2 Å². The van der Waals surface area contributed by atoms with Gasteiger partial charge in [0.25, 0.3) is 5.56 Å². The number of aromatic amines is 1. The van der Waals surface area contributed by atoms with Gasteiger partial charge in [-0.2, -0.15) is 0 Å². The molecule has 21 heavy (non-hydrogen) atoms. The summed E-state index contributed by atoms with van der Waals surface area (Å²) in [5.41, 5.74) is 0.558. The zero-order valence-electron chi connectivity index (χ0n) is 11.8. The van der Waals surface area contributed by atoms with Crippen LogP contribution in [0.1, 0.15) is 25.1 Å². The molecule has 0 radical (unpaired) electrons. The summed E-state index contributed by atoms with van der Waals surface area (Å²) >= 11 is 1.37. The van der Waals surface area contributed by atoms with Gasteiger partial charge < -0.3 is 9.88 Å². The van der Waals surface area contributed by atoms with Crippen molar-refractivity contribution < 1.29 is 4.79 Å². The van der Waals surface area contributed by atoms with Gasteiger partial charge in [0.15, 0.2) is 0 Å². The van der Waals surface area contributed by atoms with Crippen LogP contribution < -0.4 is 5.56 Å². The van der Waals surface area contributed by atoms with Crippen molar-refractivity contribution in [2.75, 3.05) is 7.05 Å². The van der Waals surface area contributed by atoms with E-state index in [1.807, 2.05) is 11.4 Å². The molecule has 2 aromatic rings. The molecule has 0 saturated heterocycles. The molecule has 0 fully saturated rings. The fourth-order valence-electron chi connectivity index (χ4n) is 2.55. The molecule has 0 aromatic carbocycles. The van der Waals surface area contributed by atoms with Crippen molar-refractivity contribution in [3.63, 3.8) is 0 Å². The molecule has 1 atom stereocenters. The van der Waals surface area contributed by atoms with Gasteiger partial charge in [-0.05, 0) is 30.2 Å². The first-order valence-corrected chi connectivity index (χ1v) is 7.88. The minimum atomic E-state index is -0.135.